The highest BCUT2D eigenvalue weighted by atomic mass is 19.4. The quantitative estimate of drug-likeness (QED) is 0.807. The third-order valence-electron chi connectivity index (χ3n) is 1.96. The first-order valence-electron chi connectivity index (χ1n) is 4.12. The molecule has 1 aromatic carbocycles. The number of hydrogen-bond acceptors (Lipinski definition) is 2. The zero-order chi connectivity index (χ0) is 12.5. The molecule has 0 amide bonds. The second-order valence-corrected chi connectivity index (χ2v) is 3.03. The molecule has 0 aromatic heterocycles. The van der Waals surface area contributed by atoms with E-state index in [1.807, 2.05) is 0 Å². The second-order valence-electron chi connectivity index (χ2n) is 3.03. The van der Waals surface area contributed by atoms with Gasteiger partial charge in [0.25, 0.3) is 0 Å². The first-order valence-corrected chi connectivity index (χ1v) is 4.12. The molecule has 1 rings (SSSR count). The fraction of sp³-hybridized carbons (Fsp3) is 0.333. The van der Waals surface area contributed by atoms with E-state index in [0.717, 1.165) is 7.11 Å². The molecule has 2 nitrogen and oxygen atoms in total. The summed E-state index contributed by atoms with van der Waals surface area (Å²) in [5.74, 6) is -3.14. The summed E-state index contributed by atoms with van der Waals surface area (Å²) in [5, 5.41) is 0. The molecule has 0 saturated carbocycles. The Morgan fingerprint density at radius 1 is 1.19 bits per heavy atom. The molecule has 16 heavy (non-hydrogen) atoms. The lowest BCUT2D eigenvalue weighted by molar-refractivity contribution is -0.149. The fourth-order valence-electron chi connectivity index (χ4n) is 1.14. The summed E-state index contributed by atoms with van der Waals surface area (Å²) in [4.78, 5) is 0. The molecule has 1 aromatic rings. The molecule has 0 heterocycles. The van der Waals surface area contributed by atoms with Crippen molar-refractivity contribution >= 4 is 0 Å². The van der Waals surface area contributed by atoms with Crippen LogP contribution in [0.5, 0.6) is 5.75 Å². The molecule has 0 aliphatic carbocycles. The molecular weight excluding hydrogens is 233 g/mol. The Bertz CT molecular complexity index is 390. The number of benzene rings is 1. The van der Waals surface area contributed by atoms with Crippen molar-refractivity contribution in [1.82, 2.24) is 0 Å². The Morgan fingerprint density at radius 3 is 2.12 bits per heavy atom. The highest BCUT2D eigenvalue weighted by Crippen LogP contribution is 2.36. The molecule has 1 unspecified atom stereocenters. The van der Waals surface area contributed by atoms with E-state index in [9.17, 15) is 22.0 Å². The molecule has 0 aliphatic rings. The Labute approximate surface area is 87.8 Å². The van der Waals surface area contributed by atoms with Crippen molar-refractivity contribution in [2.24, 2.45) is 5.73 Å². The van der Waals surface area contributed by atoms with Gasteiger partial charge in [0.2, 0.25) is 0 Å². The third-order valence-corrected chi connectivity index (χ3v) is 1.96. The minimum absolute atomic E-state index is 0.381. The summed E-state index contributed by atoms with van der Waals surface area (Å²) in [5.41, 5.74) is 4.23. The maximum atomic E-state index is 12.8. The fourth-order valence-corrected chi connectivity index (χ4v) is 1.14. The standard InChI is InChI=1S/C9H8F5NO/c1-16-7-3-6(11)5(10)2-4(7)8(15)9(12,13)14/h2-3,8H,15H2,1H3. The molecule has 1 atom stereocenters. The van der Waals surface area contributed by atoms with Gasteiger partial charge in [0.1, 0.15) is 11.8 Å². The highest BCUT2D eigenvalue weighted by Gasteiger charge is 2.39. The van der Waals surface area contributed by atoms with E-state index in [1.165, 1.54) is 0 Å². The number of rotatable bonds is 2. The van der Waals surface area contributed by atoms with E-state index >= 15 is 0 Å². The summed E-state index contributed by atoms with van der Waals surface area (Å²) in [6, 6.07) is -1.51. The number of hydrogen-bond donors (Lipinski definition) is 1. The van der Waals surface area contributed by atoms with Gasteiger partial charge in [0.15, 0.2) is 11.6 Å². The van der Waals surface area contributed by atoms with Crippen LogP contribution in [0.1, 0.15) is 11.6 Å². The van der Waals surface area contributed by atoms with Gasteiger partial charge in [-0.25, -0.2) is 8.78 Å². The largest absolute Gasteiger partial charge is 0.496 e. The van der Waals surface area contributed by atoms with E-state index in [2.05, 4.69) is 4.74 Å². The van der Waals surface area contributed by atoms with Crippen LogP contribution in [0.3, 0.4) is 0 Å². The summed E-state index contributed by atoms with van der Waals surface area (Å²) >= 11 is 0. The number of halogens is 5. The number of ether oxygens (including phenoxy) is 1. The van der Waals surface area contributed by atoms with Crippen molar-refractivity contribution in [1.29, 1.82) is 0 Å². The van der Waals surface area contributed by atoms with Crippen LogP contribution in [0.15, 0.2) is 12.1 Å². The van der Waals surface area contributed by atoms with Crippen LogP contribution in [0.25, 0.3) is 0 Å². The van der Waals surface area contributed by atoms with Crippen LogP contribution >= 0.6 is 0 Å². The lowest BCUT2D eigenvalue weighted by atomic mass is 10.1. The highest BCUT2D eigenvalue weighted by molar-refractivity contribution is 5.37. The molecule has 0 spiro atoms. The Morgan fingerprint density at radius 2 is 1.69 bits per heavy atom. The minimum atomic E-state index is -4.75. The van der Waals surface area contributed by atoms with E-state index in [4.69, 9.17) is 5.73 Å². The van der Waals surface area contributed by atoms with Crippen molar-refractivity contribution in [2.75, 3.05) is 7.11 Å². The third kappa shape index (κ3) is 2.41. The maximum Gasteiger partial charge on any atom is 0.407 e. The Hall–Kier alpha value is -1.37. The zero-order valence-corrected chi connectivity index (χ0v) is 8.11. The van der Waals surface area contributed by atoms with Crippen LogP contribution in [0, 0.1) is 11.6 Å². The van der Waals surface area contributed by atoms with Crippen molar-refractivity contribution in [3.63, 3.8) is 0 Å². The molecule has 90 valence electrons. The van der Waals surface area contributed by atoms with Gasteiger partial charge in [-0.05, 0) is 6.07 Å². The predicted molar refractivity (Wildman–Crippen MR) is 45.9 cm³/mol. The Kier molecular flexibility index (Phi) is 3.37. The van der Waals surface area contributed by atoms with E-state index in [-0.39, 0.29) is 0 Å². The number of nitrogens with two attached hydrogens (primary N) is 1. The van der Waals surface area contributed by atoms with Gasteiger partial charge in [-0.2, -0.15) is 13.2 Å². The number of methoxy groups -OCH3 is 1. The predicted octanol–water partition coefficient (Wildman–Crippen LogP) is 2.54. The van der Waals surface area contributed by atoms with Gasteiger partial charge < -0.3 is 10.5 Å². The SMILES string of the molecule is COc1cc(F)c(F)cc1C(N)C(F)(F)F. The van der Waals surface area contributed by atoms with Crippen LogP contribution in [0.4, 0.5) is 22.0 Å². The lowest BCUT2D eigenvalue weighted by Gasteiger charge is -2.18. The van der Waals surface area contributed by atoms with Crippen LogP contribution in [0.2, 0.25) is 0 Å². The summed E-state index contributed by atoms with van der Waals surface area (Å²) < 4.78 is 66.9. The molecular formula is C9H8F5NO. The van der Waals surface area contributed by atoms with Gasteiger partial charge in [-0.3, -0.25) is 0 Å². The molecule has 0 aliphatic heterocycles. The first-order chi connectivity index (χ1) is 7.27. The monoisotopic (exact) mass is 241 g/mol. The van der Waals surface area contributed by atoms with Gasteiger partial charge in [0, 0.05) is 11.6 Å². The molecule has 0 fully saturated rings. The molecule has 7 heteroatoms. The van der Waals surface area contributed by atoms with Crippen LogP contribution < -0.4 is 10.5 Å². The minimum Gasteiger partial charge on any atom is -0.496 e. The van der Waals surface area contributed by atoms with Crippen LogP contribution in [-0.4, -0.2) is 13.3 Å². The van der Waals surface area contributed by atoms with Crippen molar-refractivity contribution in [3.8, 4) is 5.75 Å². The molecule has 0 saturated heterocycles. The van der Waals surface area contributed by atoms with Gasteiger partial charge in [0.05, 0.1) is 7.11 Å². The Balaban J connectivity index is 3.27. The smallest absolute Gasteiger partial charge is 0.407 e. The van der Waals surface area contributed by atoms with E-state index in [0.29, 0.717) is 12.1 Å². The molecule has 2 N–H and O–H groups in total. The lowest BCUT2D eigenvalue weighted by Crippen LogP contribution is -2.29. The maximum absolute atomic E-state index is 12.8. The molecule has 0 bridgehead atoms. The topological polar surface area (TPSA) is 35.2 Å². The van der Waals surface area contributed by atoms with E-state index in [1.54, 1.807) is 0 Å². The number of alkyl halides is 3. The summed E-state index contributed by atoms with van der Waals surface area (Å²) in [6.07, 6.45) is -4.75. The average Bonchev–Trinajstić information content (AvgIpc) is 2.19. The van der Waals surface area contributed by atoms with Gasteiger partial charge in [-0.15, -0.1) is 0 Å². The van der Waals surface area contributed by atoms with Crippen LogP contribution in [-0.2, 0) is 0 Å². The average molecular weight is 241 g/mol. The molecule has 0 radical (unpaired) electrons. The van der Waals surface area contributed by atoms with Crippen molar-refractivity contribution in [3.05, 3.63) is 29.3 Å². The second kappa shape index (κ2) is 4.25. The summed E-state index contributed by atoms with van der Waals surface area (Å²) in [7, 11) is 1.04. The first kappa shape index (κ1) is 12.7. The van der Waals surface area contributed by atoms with Crippen molar-refractivity contribution < 1.29 is 26.7 Å². The van der Waals surface area contributed by atoms with Gasteiger partial charge >= 0.3 is 6.18 Å². The summed E-state index contributed by atoms with van der Waals surface area (Å²) in [6.45, 7) is 0. The normalized spacial score (nSPS) is 13.7. The van der Waals surface area contributed by atoms with Crippen molar-refractivity contribution in [2.45, 2.75) is 12.2 Å². The zero-order valence-electron chi connectivity index (χ0n) is 8.11. The van der Waals surface area contributed by atoms with Gasteiger partial charge in [-0.1, -0.05) is 0 Å². The van der Waals surface area contributed by atoms with E-state index < -0.39 is 35.2 Å².